The fourth-order valence-electron chi connectivity index (χ4n) is 1.29. The second-order valence-electron chi connectivity index (χ2n) is 3.94. The summed E-state index contributed by atoms with van der Waals surface area (Å²) in [6.07, 6.45) is 3.58. The zero-order valence-corrected chi connectivity index (χ0v) is 9.26. The lowest BCUT2D eigenvalue weighted by molar-refractivity contribution is -0.149. The number of hydrogen-bond acceptors (Lipinski definition) is 5. The van der Waals surface area contributed by atoms with Gasteiger partial charge in [0.2, 0.25) is 0 Å². The average molecular weight is 238 g/mol. The van der Waals surface area contributed by atoms with E-state index in [1.807, 2.05) is 0 Å². The van der Waals surface area contributed by atoms with E-state index >= 15 is 0 Å². The van der Waals surface area contributed by atoms with Crippen LogP contribution in [0.5, 0.6) is 0 Å². The van der Waals surface area contributed by atoms with E-state index in [0.29, 0.717) is 5.82 Å². The highest BCUT2D eigenvalue weighted by Crippen LogP contribution is 2.18. The molecule has 17 heavy (non-hydrogen) atoms. The van der Waals surface area contributed by atoms with Crippen molar-refractivity contribution in [2.24, 2.45) is 0 Å². The molecule has 0 unspecified atom stereocenters. The summed E-state index contributed by atoms with van der Waals surface area (Å²) in [7, 11) is 0. The van der Waals surface area contributed by atoms with Crippen molar-refractivity contribution in [1.82, 2.24) is 15.1 Å². The van der Waals surface area contributed by atoms with Crippen LogP contribution in [0.3, 0.4) is 0 Å². The van der Waals surface area contributed by atoms with Crippen LogP contribution in [-0.2, 0) is 20.9 Å². The molecule has 2 rings (SSSR count). The van der Waals surface area contributed by atoms with Crippen LogP contribution in [0.25, 0.3) is 0 Å². The molecular formula is C10H14N4O3. The number of ether oxygens (including phenoxy) is 1. The molecule has 3 N–H and O–H groups in total. The standard InChI is InChI=1S/C10H14N4O3/c11-8-3-4-14(13-8)5-10(16)17-6-9(15)12-7-1-2-7/h3-4,7H,1-2,5-6H2,(H2,11,13)(H,12,15). The Morgan fingerprint density at radius 1 is 1.59 bits per heavy atom. The number of nitrogens with two attached hydrogens (primary N) is 1. The Morgan fingerprint density at radius 2 is 2.35 bits per heavy atom. The number of nitrogens with zero attached hydrogens (tertiary/aromatic N) is 2. The summed E-state index contributed by atoms with van der Waals surface area (Å²) in [5.41, 5.74) is 5.39. The largest absolute Gasteiger partial charge is 0.454 e. The lowest BCUT2D eigenvalue weighted by Crippen LogP contribution is -2.31. The average Bonchev–Trinajstić information content (AvgIpc) is 2.99. The smallest absolute Gasteiger partial charge is 0.328 e. The van der Waals surface area contributed by atoms with Crippen LogP contribution in [0.1, 0.15) is 12.8 Å². The minimum atomic E-state index is -0.515. The molecule has 92 valence electrons. The van der Waals surface area contributed by atoms with Crippen molar-refractivity contribution >= 4 is 17.7 Å². The highest BCUT2D eigenvalue weighted by atomic mass is 16.5. The molecule has 0 aliphatic heterocycles. The lowest BCUT2D eigenvalue weighted by Gasteiger charge is -2.05. The molecular weight excluding hydrogens is 224 g/mol. The van der Waals surface area contributed by atoms with E-state index in [0.717, 1.165) is 12.8 Å². The predicted octanol–water partition coefficient (Wildman–Crippen LogP) is -0.713. The number of amides is 1. The van der Waals surface area contributed by atoms with Gasteiger partial charge in [0.25, 0.3) is 5.91 Å². The molecule has 1 aromatic heterocycles. The molecule has 1 aromatic rings. The highest BCUT2D eigenvalue weighted by molar-refractivity contribution is 5.80. The predicted molar refractivity (Wildman–Crippen MR) is 58.8 cm³/mol. The van der Waals surface area contributed by atoms with Gasteiger partial charge in [0, 0.05) is 12.2 Å². The number of hydrogen-bond donors (Lipinski definition) is 2. The zero-order valence-electron chi connectivity index (χ0n) is 9.26. The van der Waals surface area contributed by atoms with Gasteiger partial charge in [-0.3, -0.25) is 14.3 Å². The number of esters is 1. The van der Waals surface area contributed by atoms with Gasteiger partial charge in [-0.25, -0.2) is 0 Å². The van der Waals surface area contributed by atoms with Crippen LogP contribution in [0, 0.1) is 0 Å². The third kappa shape index (κ3) is 3.78. The maximum atomic E-state index is 11.3. The SMILES string of the molecule is Nc1ccn(CC(=O)OCC(=O)NC2CC2)n1. The minimum Gasteiger partial charge on any atom is -0.454 e. The Morgan fingerprint density at radius 3 is 2.94 bits per heavy atom. The Kier molecular flexibility index (Phi) is 3.27. The first-order valence-corrected chi connectivity index (χ1v) is 5.37. The van der Waals surface area contributed by atoms with Crippen LogP contribution in [0.4, 0.5) is 5.82 Å². The fourth-order valence-corrected chi connectivity index (χ4v) is 1.29. The van der Waals surface area contributed by atoms with E-state index in [-0.39, 0.29) is 25.1 Å². The first-order chi connectivity index (χ1) is 8.13. The van der Waals surface area contributed by atoms with Crippen molar-refractivity contribution in [3.05, 3.63) is 12.3 Å². The van der Waals surface area contributed by atoms with E-state index in [2.05, 4.69) is 10.4 Å². The number of carbonyl (C=O) groups is 2. The summed E-state index contributed by atoms with van der Waals surface area (Å²) >= 11 is 0. The summed E-state index contributed by atoms with van der Waals surface area (Å²) < 4.78 is 6.15. The van der Waals surface area contributed by atoms with E-state index < -0.39 is 5.97 Å². The molecule has 0 atom stereocenters. The third-order valence-corrected chi connectivity index (χ3v) is 2.26. The normalized spacial score (nSPS) is 14.4. The van der Waals surface area contributed by atoms with Crippen molar-refractivity contribution in [3.63, 3.8) is 0 Å². The molecule has 7 nitrogen and oxygen atoms in total. The first-order valence-electron chi connectivity index (χ1n) is 5.37. The highest BCUT2D eigenvalue weighted by Gasteiger charge is 2.23. The molecule has 7 heteroatoms. The Labute approximate surface area is 97.9 Å². The van der Waals surface area contributed by atoms with Crippen LogP contribution in [0.15, 0.2) is 12.3 Å². The topological polar surface area (TPSA) is 99.2 Å². The summed E-state index contributed by atoms with van der Waals surface area (Å²) in [6.45, 7) is -0.292. The van der Waals surface area contributed by atoms with Gasteiger partial charge in [-0.05, 0) is 18.9 Å². The van der Waals surface area contributed by atoms with Crippen molar-refractivity contribution in [2.75, 3.05) is 12.3 Å². The number of nitrogen functional groups attached to an aromatic ring is 1. The summed E-state index contributed by atoms with van der Waals surface area (Å²) in [5, 5.41) is 6.55. The van der Waals surface area contributed by atoms with Crippen LogP contribution >= 0.6 is 0 Å². The van der Waals surface area contributed by atoms with Gasteiger partial charge in [0.05, 0.1) is 0 Å². The number of anilines is 1. The molecule has 1 aliphatic rings. The molecule has 1 aliphatic carbocycles. The Bertz CT molecular complexity index is 425. The third-order valence-electron chi connectivity index (χ3n) is 2.26. The molecule has 0 saturated heterocycles. The Hall–Kier alpha value is -2.05. The van der Waals surface area contributed by atoms with Crippen molar-refractivity contribution in [1.29, 1.82) is 0 Å². The van der Waals surface area contributed by atoms with Gasteiger partial charge >= 0.3 is 5.97 Å². The summed E-state index contributed by atoms with van der Waals surface area (Å²) in [6, 6.07) is 1.85. The molecule has 1 fully saturated rings. The van der Waals surface area contributed by atoms with Gasteiger partial charge in [-0.1, -0.05) is 0 Å². The second-order valence-corrected chi connectivity index (χ2v) is 3.94. The van der Waals surface area contributed by atoms with Gasteiger partial charge < -0.3 is 15.8 Å². The van der Waals surface area contributed by atoms with Gasteiger partial charge in [-0.15, -0.1) is 0 Å². The van der Waals surface area contributed by atoms with Crippen molar-refractivity contribution < 1.29 is 14.3 Å². The van der Waals surface area contributed by atoms with Gasteiger partial charge in [0.1, 0.15) is 12.4 Å². The molecule has 0 bridgehead atoms. The van der Waals surface area contributed by atoms with Gasteiger partial charge in [-0.2, -0.15) is 5.10 Å². The number of rotatable bonds is 5. The lowest BCUT2D eigenvalue weighted by atomic mass is 10.5. The molecule has 0 spiro atoms. The van der Waals surface area contributed by atoms with Crippen molar-refractivity contribution in [2.45, 2.75) is 25.4 Å². The van der Waals surface area contributed by atoms with E-state index in [1.165, 1.54) is 4.68 Å². The molecule has 0 radical (unpaired) electrons. The van der Waals surface area contributed by atoms with Crippen LogP contribution in [0.2, 0.25) is 0 Å². The van der Waals surface area contributed by atoms with Crippen molar-refractivity contribution in [3.8, 4) is 0 Å². The quantitative estimate of drug-likeness (QED) is 0.660. The zero-order chi connectivity index (χ0) is 12.3. The molecule has 0 aromatic carbocycles. The number of carbonyl (C=O) groups excluding carboxylic acids is 2. The molecule has 1 heterocycles. The Balaban J connectivity index is 1.68. The fraction of sp³-hybridized carbons (Fsp3) is 0.500. The number of aromatic nitrogens is 2. The summed E-state index contributed by atoms with van der Waals surface area (Å²) in [5.74, 6) is -0.441. The summed E-state index contributed by atoms with van der Waals surface area (Å²) in [4.78, 5) is 22.5. The van der Waals surface area contributed by atoms with Crippen LogP contribution < -0.4 is 11.1 Å². The molecule has 1 amide bonds. The second kappa shape index (κ2) is 4.86. The first kappa shape index (κ1) is 11.4. The maximum absolute atomic E-state index is 11.3. The van der Waals surface area contributed by atoms with E-state index in [1.54, 1.807) is 12.3 Å². The van der Waals surface area contributed by atoms with Crippen LogP contribution in [-0.4, -0.2) is 34.3 Å². The molecule has 1 saturated carbocycles. The van der Waals surface area contributed by atoms with Gasteiger partial charge in [0.15, 0.2) is 6.61 Å². The van der Waals surface area contributed by atoms with E-state index in [9.17, 15) is 9.59 Å². The number of nitrogens with one attached hydrogen (secondary N) is 1. The van der Waals surface area contributed by atoms with E-state index in [4.69, 9.17) is 10.5 Å². The monoisotopic (exact) mass is 238 g/mol. The minimum absolute atomic E-state index is 0.0477. The maximum Gasteiger partial charge on any atom is 0.328 e.